The molecule has 0 aliphatic carbocycles. The zero-order valence-corrected chi connectivity index (χ0v) is 11.5. The minimum Gasteiger partial charge on any atom is -0.377 e. The summed E-state index contributed by atoms with van der Waals surface area (Å²) in [6.45, 7) is 4.84. The maximum atomic E-state index is 10.9. The van der Waals surface area contributed by atoms with Gasteiger partial charge in [0.25, 0.3) is 5.69 Å². The second-order valence-corrected chi connectivity index (χ2v) is 5.03. The van der Waals surface area contributed by atoms with Crippen LogP contribution in [0.1, 0.15) is 19.4 Å². The Bertz CT molecular complexity index is 435. The first-order chi connectivity index (χ1) is 8.35. The number of nitro benzene ring substituents is 1. The van der Waals surface area contributed by atoms with Crippen molar-refractivity contribution < 1.29 is 9.66 Å². The molecule has 0 saturated heterocycles. The third-order valence-corrected chi connectivity index (χ3v) is 2.89. The number of rotatable bonds is 6. The lowest BCUT2D eigenvalue weighted by Gasteiger charge is -2.23. The Hall–Kier alpha value is -1.17. The van der Waals surface area contributed by atoms with Crippen molar-refractivity contribution >= 4 is 17.3 Å². The molecule has 0 radical (unpaired) electrons. The highest BCUT2D eigenvalue weighted by Gasteiger charge is 2.17. The van der Waals surface area contributed by atoms with Crippen LogP contribution in [0, 0.1) is 10.1 Å². The van der Waals surface area contributed by atoms with Gasteiger partial charge in [0.05, 0.1) is 10.5 Å². The molecule has 0 amide bonds. The van der Waals surface area contributed by atoms with Crippen molar-refractivity contribution in [2.75, 3.05) is 13.7 Å². The summed E-state index contributed by atoms with van der Waals surface area (Å²) in [5.41, 5.74) is 0.328. The van der Waals surface area contributed by atoms with Gasteiger partial charge in [-0.2, -0.15) is 0 Å². The Balaban J connectivity index is 2.72. The Kier molecular flexibility index (Phi) is 5.07. The number of nitrogens with one attached hydrogen (secondary N) is 1. The molecule has 1 aromatic rings. The lowest BCUT2D eigenvalue weighted by Crippen LogP contribution is -2.36. The second-order valence-electron chi connectivity index (χ2n) is 4.60. The minimum atomic E-state index is -0.408. The van der Waals surface area contributed by atoms with Crippen molar-refractivity contribution in [2.24, 2.45) is 0 Å². The number of benzene rings is 1. The predicted molar refractivity (Wildman–Crippen MR) is 70.9 cm³/mol. The molecular formula is C12H17ClN2O3. The van der Waals surface area contributed by atoms with E-state index in [1.165, 1.54) is 12.1 Å². The van der Waals surface area contributed by atoms with Crippen LogP contribution in [-0.2, 0) is 11.3 Å². The average molecular weight is 273 g/mol. The zero-order valence-electron chi connectivity index (χ0n) is 10.7. The van der Waals surface area contributed by atoms with Gasteiger partial charge in [-0.1, -0.05) is 11.6 Å². The fourth-order valence-electron chi connectivity index (χ4n) is 1.44. The average Bonchev–Trinajstić information content (AvgIpc) is 2.28. The normalized spacial score (nSPS) is 11.6. The van der Waals surface area contributed by atoms with Crippen molar-refractivity contribution in [1.82, 2.24) is 5.32 Å². The Morgan fingerprint density at radius 2 is 2.17 bits per heavy atom. The summed E-state index contributed by atoms with van der Waals surface area (Å²) in [6, 6.07) is 4.54. The molecule has 1 aromatic carbocycles. The van der Waals surface area contributed by atoms with E-state index in [9.17, 15) is 10.1 Å². The maximum Gasteiger partial charge on any atom is 0.273 e. The summed E-state index contributed by atoms with van der Waals surface area (Å²) in [7, 11) is 1.63. The largest absolute Gasteiger partial charge is 0.377 e. The molecule has 0 heterocycles. The van der Waals surface area contributed by atoms with E-state index < -0.39 is 4.92 Å². The molecule has 0 spiro atoms. The van der Waals surface area contributed by atoms with Crippen LogP contribution >= 0.6 is 11.6 Å². The van der Waals surface area contributed by atoms with Crippen LogP contribution in [0.2, 0.25) is 5.02 Å². The number of methoxy groups -OCH3 is 1. The number of nitro groups is 1. The highest BCUT2D eigenvalue weighted by molar-refractivity contribution is 6.30. The number of halogens is 1. The molecule has 0 atom stereocenters. The molecule has 0 fully saturated rings. The second kappa shape index (κ2) is 6.13. The van der Waals surface area contributed by atoms with Crippen LogP contribution in [0.15, 0.2) is 18.2 Å². The lowest BCUT2D eigenvalue weighted by molar-refractivity contribution is -0.385. The van der Waals surface area contributed by atoms with Crippen LogP contribution in [0.4, 0.5) is 5.69 Å². The standard InChI is InChI=1S/C12H17ClN2O3/c1-12(2,18-3)8-14-7-9-6-10(13)4-5-11(9)15(16)17/h4-6,14H,7-8H2,1-3H3. The molecule has 0 aliphatic heterocycles. The maximum absolute atomic E-state index is 10.9. The van der Waals surface area contributed by atoms with E-state index in [1.54, 1.807) is 13.2 Å². The zero-order chi connectivity index (χ0) is 13.8. The van der Waals surface area contributed by atoms with E-state index in [4.69, 9.17) is 16.3 Å². The minimum absolute atomic E-state index is 0.0714. The first-order valence-electron chi connectivity index (χ1n) is 5.54. The van der Waals surface area contributed by atoms with Gasteiger partial charge in [0.15, 0.2) is 0 Å². The fraction of sp³-hybridized carbons (Fsp3) is 0.500. The molecular weight excluding hydrogens is 256 g/mol. The van der Waals surface area contributed by atoms with Gasteiger partial charge in [0, 0.05) is 36.9 Å². The third-order valence-electron chi connectivity index (χ3n) is 2.66. The van der Waals surface area contributed by atoms with Gasteiger partial charge in [-0.05, 0) is 26.0 Å². The van der Waals surface area contributed by atoms with Gasteiger partial charge < -0.3 is 10.1 Å². The van der Waals surface area contributed by atoms with Crippen molar-refractivity contribution in [3.05, 3.63) is 38.9 Å². The first kappa shape index (κ1) is 14.9. The highest BCUT2D eigenvalue weighted by Crippen LogP contribution is 2.22. The smallest absolute Gasteiger partial charge is 0.273 e. The van der Waals surface area contributed by atoms with E-state index >= 15 is 0 Å². The summed E-state index contributed by atoms with van der Waals surface area (Å²) in [5.74, 6) is 0. The fourth-order valence-corrected chi connectivity index (χ4v) is 1.64. The molecule has 5 nitrogen and oxygen atoms in total. The molecule has 1 rings (SSSR count). The first-order valence-corrected chi connectivity index (χ1v) is 5.92. The van der Waals surface area contributed by atoms with Crippen molar-refractivity contribution in [2.45, 2.75) is 26.0 Å². The monoisotopic (exact) mass is 272 g/mol. The molecule has 1 N–H and O–H groups in total. The quantitative estimate of drug-likeness (QED) is 0.639. The number of ether oxygens (including phenoxy) is 1. The van der Waals surface area contributed by atoms with E-state index in [1.807, 2.05) is 13.8 Å². The molecule has 0 aromatic heterocycles. The van der Waals surface area contributed by atoms with Gasteiger partial charge in [-0.3, -0.25) is 10.1 Å². The van der Waals surface area contributed by atoms with Crippen LogP contribution in [0.3, 0.4) is 0 Å². The molecule has 0 saturated carbocycles. The Morgan fingerprint density at radius 1 is 1.50 bits per heavy atom. The molecule has 0 bridgehead atoms. The molecule has 0 aliphatic rings. The van der Waals surface area contributed by atoms with E-state index in [0.29, 0.717) is 23.7 Å². The highest BCUT2D eigenvalue weighted by atomic mass is 35.5. The van der Waals surface area contributed by atoms with Gasteiger partial charge in [-0.25, -0.2) is 0 Å². The van der Waals surface area contributed by atoms with Crippen LogP contribution in [0.5, 0.6) is 0 Å². The molecule has 18 heavy (non-hydrogen) atoms. The topological polar surface area (TPSA) is 64.4 Å². The lowest BCUT2D eigenvalue weighted by atomic mass is 10.1. The number of hydrogen-bond acceptors (Lipinski definition) is 4. The van der Waals surface area contributed by atoms with Gasteiger partial charge in [0.1, 0.15) is 0 Å². The third kappa shape index (κ3) is 4.25. The molecule has 6 heteroatoms. The Morgan fingerprint density at radius 3 is 2.72 bits per heavy atom. The summed E-state index contributed by atoms with van der Waals surface area (Å²) in [6.07, 6.45) is 0. The van der Waals surface area contributed by atoms with Crippen LogP contribution in [-0.4, -0.2) is 24.2 Å². The molecule has 100 valence electrons. The van der Waals surface area contributed by atoms with Crippen LogP contribution in [0.25, 0.3) is 0 Å². The van der Waals surface area contributed by atoms with E-state index in [-0.39, 0.29) is 11.3 Å². The van der Waals surface area contributed by atoms with Crippen LogP contribution < -0.4 is 5.32 Å². The number of nitrogens with zero attached hydrogens (tertiary/aromatic N) is 1. The molecule has 0 unspecified atom stereocenters. The van der Waals surface area contributed by atoms with Crippen molar-refractivity contribution in [3.63, 3.8) is 0 Å². The van der Waals surface area contributed by atoms with Gasteiger partial charge in [0.2, 0.25) is 0 Å². The van der Waals surface area contributed by atoms with Crippen molar-refractivity contribution in [1.29, 1.82) is 0 Å². The van der Waals surface area contributed by atoms with Gasteiger partial charge in [-0.15, -0.1) is 0 Å². The predicted octanol–water partition coefficient (Wildman–Crippen LogP) is 2.76. The Labute approximate surface area is 111 Å². The van der Waals surface area contributed by atoms with Crippen molar-refractivity contribution in [3.8, 4) is 0 Å². The SMILES string of the molecule is COC(C)(C)CNCc1cc(Cl)ccc1[N+](=O)[O-]. The summed E-state index contributed by atoms with van der Waals surface area (Å²) in [4.78, 5) is 10.5. The summed E-state index contributed by atoms with van der Waals surface area (Å²) in [5, 5.41) is 14.5. The summed E-state index contributed by atoms with van der Waals surface area (Å²) >= 11 is 5.84. The summed E-state index contributed by atoms with van der Waals surface area (Å²) < 4.78 is 5.25. The van der Waals surface area contributed by atoms with Gasteiger partial charge >= 0.3 is 0 Å². The number of hydrogen-bond donors (Lipinski definition) is 1. The van der Waals surface area contributed by atoms with E-state index in [2.05, 4.69) is 5.32 Å². The van der Waals surface area contributed by atoms with E-state index in [0.717, 1.165) is 0 Å².